The molecule has 0 fully saturated rings. The molecule has 0 bridgehead atoms. The zero-order valence-electron chi connectivity index (χ0n) is 10.6. The lowest BCUT2D eigenvalue weighted by Crippen LogP contribution is -2.19. The maximum atomic E-state index is 11.7. The summed E-state index contributed by atoms with van der Waals surface area (Å²) >= 11 is 5.77. The molecular formula is C16H15ClO2. The van der Waals surface area contributed by atoms with Crippen LogP contribution in [0, 0.1) is 0 Å². The number of alkyl halides is 1. The van der Waals surface area contributed by atoms with Gasteiger partial charge in [0.05, 0.1) is 0 Å². The van der Waals surface area contributed by atoms with E-state index in [0.29, 0.717) is 0 Å². The molecule has 0 aliphatic heterocycles. The molecule has 0 N–H and O–H groups in total. The molecule has 2 nitrogen and oxygen atoms in total. The van der Waals surface area contributed by atoms with Gasteiger partial charge in [0.1, 0.15) is 5.38 Å². The normalized spacial score (nSPS) is 12.2. The molecule has 2 aromatic rings. The zero-order valence-corrected chi connectivity index (χ0v) is 11.4. The van der Waals surface area contributed by atoms with E-state index >= 15 is 0 Å². The Morgan fingerprint density at radius 3 is 1.74 bits per heavy atom. The van der Waals surface area contributed by atoms with Gasteiger partial charge in [-0.05, 0) is 18.1 Å². The van der Waals surface area contributed by atoms with Crippen molar-refractivity contribution in [3.63, 3.8) is 0 Å². The Morgan fingerprint density at radius 1 is 0.947 bits per heavy atom. The number of benzene rings is 2. The maximum absolute atomic E-state index is 11.7. The van der Waals surface area contributed by atoms with Gasteiger partial charge < -0.3 is 4.74 Å². The van der Waals surface area contributed by atoms with E-state index in [4.69, 9.17) is 16.3 Å². The predicted molar refractivity (Wildman–Crippen MR) is 76.1 cm³/mol. The molecule has 0 spiro atoms. The highest BCUT2D eigenvalue weighted by Crippen LogP contribution is 2.26. The quantitative estimate of drug-likeness (QED) is 0.623. The van der Waals surface area contributed by atoms with Gasteiger partial charge in [-0.25, -0.2) is 0 Å². The summed E-state index contributed by atoms with van der Waals surface area (Å²) in [5.41, 5.74) is 1.86. The second-order valence-corrected chi connectivity index (χ2v) is 4.91. The molecule has 0 aliphatic carbocycles. The molecule has 19 heavy (non-hydrogen) atoms. The van der Waals surface area contributed by atoms with Crippen molar-refractivity contribution in [3.8, 4) is 0 Å². The first-order valence-electron chi connectivity index (χ1n) is 6.13. The molecule has 2 rings (SSSR count). The summed E-state index contributed by atoms with van der Waals surface area (Å²) in [7, 11) is 0. The summed E-state index contributed by atoms with van der Waals surface area (Å²) in [5, 5.41) is -0.657. The number of carbonyl (C=O) groups excluding carboxylic acids is 1. The topological polar surface area (TPSA) is 26.3 Å². The molecule has 0 amide bonds. The molecule has 0 aliphatic rings. The van der Waals surface area contributed by atoms with E-state index in [-0.39, 0.29) is 0 Å². The third-order valence-electron chi connectivity index (χ3n) is 2.76. The van der Waals surface area contributed by atoms with Crippen molar-refractivity contribution >= 4 is 17.6 Å². The average Bonchev–Trinajstić information content (AvgIpc) is 2.46. The van der Waals surface area contributed by atoms with Crippen LogP contribution in [-0.4, -0.2) is 11.3 Å². The van der Waals surface area contributed by atoms with Crippen LogP contribution in [0.2, 0.25) is 0 Å². The fraction of sp³-hybridized carbons (Fsp3) is 0.188. The first kappa shape index (κ1) is 13.6. The van der Waals surface area contributed by atoms with Crippen molar-refractivity contribution in [1.82, 2.24) is 0 Å². The highest BCUT2D eigenvalue weighted by Gasteiger charge is 2.21. The summed E-state index contributed by atoms with van der Waals surface area (Å²) in [4.78, 5) is 11.7. The second kappa shape index (κ2) is 6.39. The lowest BCUT2D eigenvalue weighted by Gasteiger charge is -2.19. The molecule has 2 aromatic carbocycles. The van der Waals surface area contributed by atoms with Gasteiger partial charge in [0.15, 0.2) is 6.10 Å². The number of halogens is 1. The summed E-state index contributed by atoms with van der Waals surface area (Å²) in [6.45, 7) is 1.61. The summed E-state index contributed by atoms with van der Waals surface area (Å²) in [6, 6.07) is 19.3. The van der Waals surface area contributed by atoms with Crippen molar-refractivity contribution in [2.45, 2.75) is 18.4 Å². The molecular weight excluding hydrogens is 260 g/mol. The smallest absolute Gasteiger partial charge is 0.324 e. The van der Waals surface area contributed by atoms with Gasteiger partial charge in [-0.3, -0.25) is 4.79 Å². The minimum absolute atomic E-state index is 0.417. The highest BCUT2D eigenvalue weighted by molar-refractivity contribution is 6.29. The lowest BCUT2D eigenvalue weighted by molar-refractivity contribution is -0.146. The van der Waals surface area contributed by atoms with Crippen molar-refractivity contribution in [2.75, 3.05) is 0 Å². The molecule has 0 saturated heterocycles. The Labute approximate surface area is 118 Å². The molecule has 0 heterocycles. The van der Waals surface area contributed by atoms with Crippen molar-refractivity contribution in [1.29, 1.82) is 0 Å². The molecule has 0 radical (unpaired) electrons. The standard InChI is InChI=1S/C16H15ClO2/c1-12(17)16(18)19-15(13-8-4-2-5-9-13)14-10-6-3-7-11-14/h2-12,15H,1H3/t12-/m0/s1. The van der Waals surface area contributed by atoms with Crippen LogP contribution in [0.15, 0.2) is 60.7 Å². The van der Waals surface area contributed by atoms with Crippen LogP contribution in [0.4, 0.5) is 0 Å². The Kier molecular flexibility index (Phi) is 4.58. The molecule has 3 heteroatoms. The van der Waals surface area contributed by atoms with Crippen LogP contribution in [-0.2, 0) is 9.53 Å². The van der Waals surface area contributed by atoms with Crippen LogP contribution in [0.1, 0.15) is 24.2 Å². The number of hydrogen-bond donors (Lipinski definition) is 0. The fourth-order valence-corrected chi connectivity index (χ4v) is 1.85. The van der Waals surface area contributed by atoms with Crippen LogP contribution in [0.25, 0.3) is 0 Å². The van der Waals surface area contributed by atoms with Gasteiger partial charge in [-0.15, -0.1) is 11.6 Å². The van der Waals surface area contributed by atoms with Crippen molar-refractivity contribution in [3.05, 3.63) is 71.8 Å². The van der Waals surface area contributed by atoms with Gasteiger partial charge in [0.25, 0.3) is 0 Å². The second-order valence-electron chi connectivity index (χ2n) is 4.25. The number of hydrogen-bond acceptors (Lipinski definition) is 2. The Morgan fingerprint density at radius 2 is 1.37 bits per heavy atom. The van der Waals surface area contributed by atoms with E-state index in [1.165, 1.54) is 0 Å². The summed E-state index contributed by atoms with van der Waals surface area (Å²) < 4.78 is 5.51. The van der Waals surface area contributed by atoms with Crippen molar-refractivity contribution in [2.24, 2.45) is 0 Å². The molecule has 0 saturated carbocycles. The monoisotopic (exact) mass is 274 g/mol. The average molecular weight is 275 g/mol. The van der Waals surface area contributed by atoms with E-state index < -0.39 is 17.5 Å². The van der Waals surface area contributed by atoms with Crippen LogP contribution in [0.5, 0.6) is 0 Å². The SMILES string of the molecule is C[C@H](Cl)C(=O)OC(c1ccccc1)c1ccccc1. The molecule has 98 valence electrons. The van der Waals surface area contributed by atoms with Crippen LogP contribution >= 0.6 is 11.6 Å². The number of carbonyl (C=O) groups is 1. The van der Waals surface area contributed by atoms with Crippen LogP contribution < -0.4 is 0 Å². The van der Waals surface area contributed by atoms with Crippen LogP contribution in [0.3, 0.4) is 0 Å². The lowest BCUT2D eigenvalue weighted by atomic mass is 10.0. The number of rotatable bonds is 4. The fourth-order valence-electron chi connectivity index (χ4n) is 1.79. The molecule has 1 atom stereocenters. The van der Waals surface area contributed by atoms with E-state index in [1.807, 2.05) is 60.7 Å². The first-order valence-corrected chi connectivity index (χ1v) is 6.56. The van der Waals surface area contributed by atoms with Gasteiger partial charge in [-0.1, -0.05) is 60.7 Å². The number of ether oxygens (including phenoxy) is 1. The highest BCUT2D eigenvalue weighted by atomic mass is 35.5. The van der Waals surface area contributed by atoms with Gasteiger partial charge >= 0.3 is 5.97 Å². The van der Waals surface area contributed by atoms with Gasteiger partial charge in [0.2, 0.25) is 0 Å². The van der Waals surface area contributed by atoms with E-state index in [9.17, 15) is 4.79 Å². The van der Waals surface area contributed by atoms with E-state index in [0.717, 1.165) is 11.1 Å². The van der Waals surface area contributed by atoms with Gasteiger partial charge in [0, 0.05) is 0 Å². The number of esters is 1. The minimum Gasteiger partial charge on any atom is -0.451 e. The summed E-state index contributed by atoms with van der Waals surface area (Å²) in [5.74, 6) is -0.417. The van der Waals surface area contributed by atoms with Crippen molar-refractivity contribution < 1.29 is 9.53 Å². The maximum Gasteiger partial charge on any atom is 0.324 e. The van der Waals surface area contributed by atoms with E-state index in [2.05, 4.69) is 0 Å². The van der Waals surface area contributed by atoms with E-state index in [1.54, 1.807) is 6.92 Å². The Balaban J connectivity index is 2.32. The molecule has 0 unspecified atom stereocenters. The Hall–Kier alpha value is -1.80. The predicted octanol–water partition coefficient (Wildman–Crippen LogP) is 3.95. The third-order valence-corrected chi connectivity index (χ3v) is 2.94. The summed E-state index contributed by atoms with van der Waals surface area (Å²) in [6.07, 6.45) is -0.420. The Bertz CT molecular complexity index is 483. The minimum atomic E-state index is -0.657. The zero-order chi connectivity index (χ0) is 13.7. The van der Waals surface area contributed by atoms with Gasteiger partial charge in [-0.2, -0.15) is 0 Å². The molecule has 0 aromatic heterocycles. The first-order chi connectivity index (χ1) is 9.18. The third kappa shape index (κ3) is 3.58. The largest absolute Gasteiger partial charge is 0.451 e.